The van der Waals surface area contributed by atoms with Gasteiger partial charge in [0.25, 0.3) is 10.0 Å². The fourth-order valence-corrected chi connectivity index (χ4v) is 5.93. The number of carbonyl (C=O) groups excluding carboxylic acids is 1. The van der Waals surface area contributed by atoms with Crippen molar-refractivity contribution in [3.63, 3.8) is 0 Å². The summed E-state index contributed by atoms with van der Waals surface area (Å²) in [6.07, 6.45) is 0. The first-order chi connectivity index (χ1) is 18.9. The van der Waals surface area contributed by atoms with Crippen LogP contribution in [0.15, 0.2) is 76.5 Å². The number of benzene rings is 3. The Morgan fingerprint density at radius 3 is 1.98 bits per heavy atom. The second-order valence-electron chi connectivity index (χ2n) is 8.82. The first-order valence-corrected chi connectivity index (χ1v) is 15.0. The largest absolute Gasteiger partial charge is 0.493 e. The molecular formula is C27H33N3O8S2. The highest BCUT2D eigenvalue weighted by Gasteiger charge is 2.28. The number of carbonyl (C=O) groups is 1. The van der Waals surface area contributed by atoms with Crippen LogP contribution in [0, 0.1) is 6.92 Å². The fraction of sp³-hybridized carbons (Fsp3) is 0.296. The number of hydrogen-bond acceptors (Lipinski definition) is 8. The smallest absolute Gasteiger partial charge is 0.264 e. The van der Waals surface area contributed by atoms with Crippen molar-refractivity contribution in [2.45, 2.75) is 16.7 Å². The van der Waals surface area contributed by atoms with E-state index in [-0.39, 0.29) is 28.7 Å². The maximum Gasteiger partial charge on any atom is 0.264 e. The first-order valence-electron chi connectivity index (χ1n) is 12.1. The van der Waals surface area contributed by atoms with Gasteiger partial charge in [-0.1, -0.05) is 17.7 Å². The van der Waals surface area contributed by atoms with E-state index < -0.39 is 32.5 Å². The van der Waals surface area contributed by atoms with Crippen molar-refractivity contribution in [1.29, 1.82) is 0 Å². The molecule has 0 aliphatic carbocycles. The van der Waals surface area contributed by atoms with Gasteiger partial charge in [0.1, 0.15) is 18.9 Å². The number of aryl methyl sites for hydroxylation is 1. The van der Waals surface area contributed by atoms with Crippen LogP contribution in [0.3, 0.4) is 0 Å². The van der Waals surface area contributed by atoms with Crippen molar-refractivity contribution in [3.8, 4) is 17.2 Å². The summed E-state index contributed by atoms with van der Waals surface area (Å²) in [5.41, 5.74) is 1.25. The third-order valence-corrected chi connectivity index (χ3v) is 9.45. The Hall–Kier alpha value is -3.81. The molecule has 0 saturated heterocycles. The molecule has 0 aliphatic heterocycles. The van der Waals surface area contributed by atoms with E-state index in [1.54, 1.807) is 24.3 Å². The van der Waals surface area contributed by atoms with Crippen LogP contribution in [0.2, 0.25) is 0 Å². The number of ether oxygens (including phenoxy) is 3. The van der Waals surface area contributed by atoms with Crippen LogP contribution >= 0.6 is 0 Å². The highest BCUT2D eigenvalue weighted by atomic mass is 32.2. The molecule has 3 aromatic carbocycles. The Morgan fingerprint density at radius 1 is 0.800 bits per heavy atom. The second-order valence-corrected chi connectivity index (χ2v) is 12.8. The molecule has 1 N–H and O–H groups in total. The molecule has 0 saturated carbocycles. The zero-order valence-corrected chi connectivity index (χ0v) is 24.6. The summed E-state index contributed by atoms with van der Waals surface area (Å²) in [6, 6.07) is 16.9. The van der Waals surface area contributed by atoms with Crippen LogP contribution in [0.5, 0.6) is 17.2 Å². The molecule has 0 spiro atoms. The van der Waals surface area contributed by atoms with E-state index in [9.17, 15) is 21.6 Å². The number of methoxy groups -OCH3 is 2. The molecule has 0 unspecified atom stereocenters. The Balaban J connectivity index is 1.70. The van der Waals surface area contributed by atoms with Gasteiger partial charge in [-0.2, -0.15) is 0 Å². The molecule has 0 fully saturated rings. The normalized spacial score (nSPS) is 11.7. The lowest BCUT2D eigenvalue weighted by Gasteiger charge is -2.24. The van der Waals surface area contributed by atoms with Gasteiger partial charge in [-0.05, 0) is 55.5 Å². The minimum atomic E-state index is -4.16. The monoisotopic (exact) mass is 591 g/mol. The number of nitrogens with one attached hydrogen (secondary N) is 1. The van der Waals surface area contributed by atoms with Crippen molar-refractivity contribution < 1.29 is 35.8 Å². The van der Waals surface area contributed by atoms with Crippen LogP contribution in [0.25, 0.3) is 0 Å². The maximum atomic E-state index is 13.7. The number of rotatable bonds is 13. The van der Waals surface area contributed by atoms with Crippen LogP contribution in [-0.4, -0.2) is 75.1 Å². The maximum absolute atomic E-state index is 13.7. The van der Waals surface area contributed by atoms with Crippen LogP contribution in [0.4, 0.5) is 5.69 Å². The van der Waals surface area contributed by atoms with E-state index in [4.69, 9.17) is 14.2 Å². The predicted octanol–water partition coefficient (Wildman–Crippen LogP) is 2.65. The van der Waals surface area contributed by atoms with Gasteiger partial charge in [0.15, 0.2) is 11.5 Å². The SMILES string of the molecule is COc1ccc(S(=O)(=O)N(CC(=O)NCCOc2ccc(S(=O)(=O)N(C)C)cc2)c2ccc(C)cc2)cc1OC. The van der Waals surface area contributed by atoms with Crippen molar-refractivity contribution in [1.82, 2.24) is 9.62 Å². The lowest BCUT2D eigenvalue weighted by atomic mass is 10.2. The number of nitrogens with zero attached hydrogens (tertiary/aromatic N) is 2. The molecule has 0 bridgehead atoms. The standard InChI is InChI=1S/C27H33N3O8S2/c1-20-6-8-21(9-7-20)30(40(34,35)24-14-15-25(36-4)26(18-24)37-5)19-27(31)28-16-17-38-22-10-12-23(13-11-22)39(32,33)29(2)3/h6-15,18H,16-17,19H2,1-5H3,(H,28,31). The van der Waals surface area contributed by atoms with Gasteiger partial charge in [0, 0.05) is 20.2 Å². The molecule has 1 amide bonds. The van der Waals surface area contributed by atoms with Crippen LogP contribution in [-0.2, 0) is 24.8 Å². The molecule has 0 atom stereocenters. The van der Waals surface area contributed by atoms with Crippen molar-refractivity contribution in [3.05, 3.63) is 72.3 Å². The molecule has 3 rings (SSSR count). The summed E-state index contributed by atoms with van der Waals surface area (Å²) in [4.78, 5) is 12.9. The summed E-state index contributed by atoms with van der Waals surface area (Å²) in [6.45, 7) is 1.57. The van der Waals surface area contributed by atoms with E-state index in [2.05, 4.69) is 5.32 Å². The molecule has 11 nitrogen and oxygen atoms in total. The van der Waals surface area contributed by atoms with Crippen LogP contribution in [0.1, 0.15) is 5.56 Å². The Morgan fingerprint density at radius 2 is 1.40 bits per heavy atom. The molecule has 0 heterocycles. The molecule has 0 aliphatic rings. The average molecular weight is 592 g/mol. The minimum Gasteiger partial charge on any atom is -0.493 e. The molecule has 0 aromatic heterocycles. The number of anilines is 1. The van der Waals surface area contributed by atoms with E-state index in [1.165, 1.54) is 70.8 Å². The summed E-state index contributed by atoms with van der Waals surface area (Å²) >= 11 is 0. The molecular weight excluding hydrogens is 558 g/mol. The van der Waals surface area contributed by atoms with E-state index >= 15 is 0 Å². The number of hydrogen-bond donors (Lipinski definition) is 1. The van der Waals surface area contributed by atoms with Crippen molar-refractivity contribution in [2.75, 3.05) is 52.3 Å². The number of amides is 1. The zero-order valence-electron chi connectivity index (χ0n) is 22.9. The predicted molar refractivity (Wildman–Crippen MR) is 151 cm³/mol. The van der Waals surface area contributed by atoms with E-state index in [0.29, 0.717) is 17.2 Å². The summed E-state index contributed by atoms with van der Waals surface area (Å²) < 4.78 is 69.9. The third kappa shape index (κ3) is 7.23. The van der Waals surface area contributed by atoms with Gasteiger partial charge in [0.05, 0.1) is 36.2 Å². The average Bonchev–Trinajstić information content (AvgIpc) is 2.94. The van der Waals surface area contributed by atoms with Gasteiger partial charge in [-0.15, -0.1) is 0 Å². The van der Waals surface area contributed by atoms with E-state index in [1.807, 2.05) is 6.92 Å². The highest BCUT2D eigenvalue weighted by molar-refractivity contribution is 7.92. The lowest BCUT2D eigenvalue weighted by Crippen LogP contribution is -2.41. The molecule has 13 heteroatoms. The zero-order chi connectivity index (χ0) is 29.5. The summed E-state index contributed by atoms with van der Waals surface area (Å²) in [5.74, 6) is 0.487. The second kappa shape index (κ2) is 13.0. The lowest BCUT2D eigenvalue weighted by molar-refractivity contribution is -0.119. The number of sulfonamides is 2. The van der Waals surface area contributed by atoms with Crippen molar-refractivity contribution >= 4 is 31.6 Å². The Bertz CT molecular complexity index is 1520. The quantitative estimate of drug-likeness (QED) is 0.300. The molecule has 216 valence electrons. The van der Waals surface area contributed by atoms with Gasteiger partial charge in [-0.25, -0.2) is 21.1 Å². The Labute approximate surface area is 235 Å². The minimum absolute atomic E-state index is 0.0680. The van der Waals surface area contributed by atoms with Gasteiger partial charge >= 0.3 is 0 Å². The van der Waals surface area contributed by atoms with Crippen molar-refractivity contribution in [2.24, 2.45) is 0 Å². The fourth-order valence-electron chi connectivity index (χ4n) is 3.59. The summed E-state index contributed by atoms with van der Waals surface area (Å²) in [7, 11) is -1.97. The van der Waals surface area contributed by atoms with Gasteiger partial charge in [0.2, 0.25) is 15.9 Å². The summed E-state index contributed by atoms with van der Waals surface area (Å²) in [5, 5.41) is 2.66. The van der Waals surface area contributed by atoms with E-state index in [0.717, 1.165) is 14.2 Å². The highest BCUT2D eigenvalue weighted by Crippen LogP contribution is 2.32. The van der Waals surface area contributed by atoms with Crippen LogP contribution < -0.4 is 23.8 Å². The Kier molecular flexibility index (Phi) is 10.0. The first kappa shape index (κ1) is 30.7. The molecule has 0 radical (unpaired) electrons. The van der Waals surface area contributed by atoms with Gasteiger partial charge in [-0.3, -0.25) is 9.10 Å². The third-order valence-electron chi connectivity index (χ3n) is 5.85. The molecule has 40 heavy (non-hydrogen) atoms. The molecule has 3 aromatic rings. The topological polar surface area (TPSA) is 132 Å². The van der Waals surface area contributed by atoms with Gasteiger partial charge < -0.3 is 19.5 Å².